The molecule has 0 fully saturated rings. The van der Waals surface area contributed by atoms with Crippen LogP contribution >= 0.6 is 0 Å². The smallest absolute Gasteiger partial charge is 0.223 e. The minimum Gasteiger partial charge on any atom is -0.493 e. The van der Waals surface area contributed by atoms with Gasteiger partial charge in [-0.25, -0.2) is 0 Å². The summed E-state index contributed by atoms with van der Waals surface area (Å²) in [6, 6.07) is 9.45. The van der Waals surface area contributed by atoms with Gasteiger partial charge in [0, 0.05) is 26.6 Å². The van der Waals surface area contributed by atoms with Crippen LogP contribution in [0.3, 0.4) is 0 Å². The summed E-state index contributed by atoms with van der Waals surface area (Å²) >= 11 is 0. The van der Waals surface area contributed by atoms with Gasteiger partial charge in [0.1, 0.15) is 5.75 Å². The number of hydrogen-bond acceptors (Lipinski definition) is 3. The first-order chi connectivity index (χ1) is 12.6. The number of nitrogens with zero attached hydrogens (tertiary/aromatic N) is 1. The van der Waals surface area contributed by atoms with Crippen molar-refractivity contribution in [2.45, 2.75) is 45.4 Å². The summed E-state index contributed by atoms with van der Waals surface area (Å²) in [5.41, 5.74) is 1.46. The normalized spacial score (nSPS) is 13.7. The summed E-state index contributed by atoms with van der Waals surface area (Å²) in [5, 5.41) is 2.86. The topological polar surface area (TPSA) is 58.6 Å². The van der Waals surface area contributed by atoms with E-state index in [2.05, 4.69) is 11.4 Å². The molecule has 1 aliphatic rings. The fourth-order valence-electron chi connectivity index (χ4n) is 3.03. The van der Waals surface area contributed by atoms with Gasteiger partial charge in [-0.1, -0.05) is 29.8 Å². The number of hydrogen-bond donors (Lipinski definition) is 1. The minimum absolute atomic E-state index is 0.0561. The fourth-order valence-corrected chi connectivity index (χ4v) is 3.03. The Labute approximate surface area is 156 Å². The van der Waals surface area contributed by atoms with Gasteiger partial charge in [-0.05, 0) is 44.2 Å². The molecule has 0 saturated heterocycles. The van der Waals surface area contributed by atoms with Crippen molar-refractivity contribution in [2.75, 3.05) is 26.2 Å². The highest BCUT2D eigenvalue weighted by atomic mass is 16.5. The van der Waals surface area contributed by atoms with Crippen molar-refractivity contribution >= 4 is 11.8 Å². The molecule has 0 bridgehead atoms. The molecule has 1 aliphatic carbocycles. The van der Waals surface area contributed by atoms with Gasteiger partial charge in [-0.3, -0.25) is 9.59 Å². The molecule has 0 heterocycles. The van der Waals surface area contributed by atoms with E-state index in [1.807, 2.05) is 35.2 Å². The number of carbonyl (C=O) groups is 2. The molecule has 0 aliphatic heterocycles. The van der Waals surface area contributed by atoms with E-state index in [-0.39, 0.29) is 11.8 Å². The molecule has 0 unspecified atom stereocenters. The average Bonchev–Trinajstić information content (AvgIpc) is 2.66. The second kappa shape index (κ2) is 11.3. The van der Waals surface area contributed by atoms with E-state index in [1.165, 1.54) is 18.4 Å². The van der Waals surface area contributed by atoms with Crippen LogP contribution in [0.5, 0.6) is 5.75 Å². The van der Waals surface area contributed by atoms with Crippen LogP contribution in [0.25, 0.3) is 0 Å². The maximum atomic E-state index is 11.9. The predicted molar refractivity (Wildman–Crippen MR) is 103 cm³/mol. The monoisotopic (exact) mass is 358 g/mol. The summed E-state index contributed by atoms with van der Waals surface area (Å²) in [7, 11) is 0. The van der Waals surface area contributed by atoms with Gasteiger partial charge in [-0.15, -0.1) is 0 Å². The molecule has 142 valence electrons. The Balaban J connectivity index is 1.61. The van der Waals surface area contributed by atoms with Crippen LogP contribution in [0.2, 0.25) is 0 Å². The maximum Gasteiger partial charge on any atom is 0.223 e. The van der Waals surface area contributed by atoms with Crippen LogP contribution in [-0.4, -0.2) is 43.0 Å². The van der Waals surface area contributed by atoms with Crippen molar-refractivity contribution in [1.82, 2.24) is 10.2 Å². The molecule has 0 atom stereocenters. The fraction of sp³-hybridized carbons (Fsp3) is 0.524. The molecule has 1 aromatic rings. The first kappa shape index (κ1) is 20.0. The van der Waals surface area contributed by atoms with Crippen LogP contribution in [0.1, 0.15) is 45.4 Å². The molecule has 0 aromatic heterocycles. The molecule has 0 radical (unpaired) electrons. The zero-order chi connectivity index (χ0) is 18.6. The minimum atomic E-state index is -0.0561. The highest BCUT2D eigenvalue weighted by molar-refractivity contribution is 5.76. The van der Waals surface area contributed by atoms with Crippen LogP contribution in [0.15, 0.2) is 42.0 Å². The summed E-state index contributed by atoms with van der Waals surface area (Å²) in [6.45, 7) is 3.69. The van der Waals surface area contributed by atoms with E-state index in [0.29, 0.717) is 26.1 Å². The number of benzene rings is 1. The van der Waals surface area contributed by atoms with E-state index >= 15 is 0 Å². The third-order valence-corrected chi connectivity index (χ3v) is 4.58. The summed E-state index contributed by atoms with van der Waals surface area (Å²) in [6.07, 6.45) is 8.42. The average molecular weight is 358 g/mol. The maximum absolute atomic E-state index is 11.9. The summed E-state index contributed by atoms with van der Waals surface area (Å²) < 4.78 is 5.52. The highest BCUT2D eigenvalue weighted by Crippen LogP contribution is 2.20. The van der Waals surface area contributed by atoms with E-state index in [1.54, 1.807) is 6.92 Å². The molecule has 5 nitrogen and oxygen atoms in total. The summed E-state index contributed by atoms with van der Waals surface area (Å²) in [5.74, 6) is 0.766. The standard InChI is InChI=1S/C21H30N2O3/c1-18(24)23(15-12-19-8-4-2-5-9-19)16-14-22-21(25)13-17-26-20-10-6-3-7-11-20/h3,6-8,10-11H,2,4-5,9,12-17H2,1H3,(H,22,25). The van der Waals surface area contributed by atoms with Crippen molar-refractivity contribution in [3.63, 3.8) is 0 Å². The Morgan fingerprint density at radius 3 is 2.65 bits per heavy atom. The van der Waals surface area contributed by atoms with Crippen molar-refractivity contribution in [3.8, 4) is 5.75 Å². The zero-order valence-electron chi connectivity index (χ0n) is 15.7. The van der Waals surface area contributed by atoms with Gasteiger partial charge in [-0.2, -0.15) is 0 Å². The van der Waals surface area contributed by atoms with Gasteiger partial charge in [0.2, 0.25) is 11.8 Å². The quantitative estimate of drug-likeness (QED) is 0.653. The first-order valence-electron chi connectivity index (χ1n) is 9.53. The van der Waals surface area contributed by atoms with Crippen LogP contribution in [-0.2, 0) is 9.59 Å². The van der Waals surface area contributed by atoms with Gasteiger partial charge in [0.15, 0.2) is 0 Å². The number of allylic oxidation sites excluding steroid dienone is 1. The third kappa shape index (κ3) is 7.72. The Morgan fingerprint density at radius 2 is 1.96 bits per heavy atom. The molecule has 0 saturated carbocycles. The molecule has 2 rings (SSSR count). The molecule has 2 amide bonds. The summed E-state index contributed by atoms with van der Waals surface area (Å²) in [4.78, 5) is 25.5. The van der Waals surface area contributed by atoms with E-state index in [9.17, 15) is 9.59 Å². The van der Waals surface area contributed by atoms with E-state index in [4.69, 9.17) is 4.74 Å². The molecule has 0 spiro atoms. The number of nitrogens with one attached hydrogen (secondary N) is 1. The number of amides is 2. The van der Waals surface area contributed by atoms with Crippen molar-refractivity contribution in [1.29, 1.82) is 0 Å². The SMILES string of the molecule is CC(=O)N(CCNC(=O)CCOc1ccccc1)CCC1=CCCCC1. The number of carbonyl (C=O) groups excluding carboxylic acids is 2. The highest BCUT2D eigenvalue weighted by Gasteiger charge is 2.11. The lowest BCUT2D eigenvalue weighted by atomic mass is 9.97. The zero-order valence-corrected chi connectivity index (χ0v) is 15.7. The van der Waals surface area contributed by atoms with Crippen molar-refractivity contribution in [3.05, 3.63) is 42.0 Å². The Morgan fingerprint density at radius 1 is 1.15 bits per heavy atom. The lowest BCUT2D eigenvalue weighted by molar-refractivity contribution is -0.129. The van der Waals surface area contributed by atoms with Gasteiger partial charge < -0.3 is 15.0 Å². The van der Waals surface area contributed by atoms with Crippen molar-refractivity contribution < 1.29 is 14.3 Å². The van der Waals surface area contributed by atoms with E-state index < -0.39 is 0 Å². The molecule has 1 aromatic carbocycles. The third-order valence-electron chi connectivity index (χ3n) is 4.58. The predicted octanol–water partition coefficient (Wildman–Crippen LogP) is 3.31. The number of para-hydroxylation sites is 1. The Hall–Kier alpha value is -2.30. The Bertz CT molecular complexity index is 599. The molecule has 26 heavy (non-hydrogen) atoms. The van der Waals surface area contributed by atoms with Crippen LogP contribution in [0.4, 0.5) is 0 Å². The largest absolute Gasteiger partial charge is 0.493 e. The lowest BCUT2D eigenvalue weighted by Crippen LogP contribution is -2.38. The molecule has 5 heteroatoms. The second-order valence-electron chi connectivity index (χ2n) is 6.63. The van der Waals surface area contributed by atoms with Gasteiger partial charge in [0.25, 0.3) is 0 Å². The molecular formula is C21H30N2O3. The van der Waals surface area contributed by atoms with Crippen LogP contribution in [0, 0.1) is 0 Å². The number of rotatable bonds is 10. The van der Waals surface area contributed by atoms with Gasteiger partial charge >= 0.3 is 0 Å². The van der Waals surface area contributed by atoms with E-state index in [0.717, 1.165) is 31.6 Å². The van der Waals surface area contributed by atoms with Crippen LogP contribution < -0.4 is 10.1 Å². The van der Waals surface area contributed by atoms with Crippen molar-refractivity contribution in [2.24, 2.45) is 0 Å². The van der Waals surface area contributed by atoms with Gasteiger partial charge in [0.05, 0.1) is 13.0 Å². The second-order valence-corrected chi connectivity index (χ2v) is 6.63. The lowest BCUT2D eigenvalue weighted by Gasteiger charge is -2.23. The molecular weight excluding hydrogens is 328 g/mol. The number of ether oxygens (including phenoxy) is 1. The molecule has 1 N–H and O–H groups in total. The Kier molecular flexibility index (Phi) is 8.73. The first-order valence-corrected chi connectivity index (χ1v) is 9.53.